The molecule has 0 saturated carbocycles. The van der Waals surface area contributed by atoms with Crippen molar-refractivity contribution in [3.8, 4) is 0 Å². The molecule has 0 aromatic carbocycles. The molecular formula is C7H10N2O2. The molecule has 1 aromatic rings. The van der Waals surface area contributed by atoms with Crippen molar-refractivity contribution >= 4 is 11.8 Å². The van der Waals surface area contributed by atoms with Gasteiger partial charge in [0.05, 0.1) is 5.69 Å². The lowest BCUT2D eigenvalue weighted by Crippen LogP contribution is -2.08. The first-order valence-electron chi connectivity index (χ1n) is 3.45. The van der Waals surface area contributed by atoms with Gasteiger partial charge in [0, 0.05) is 12.5 Å². The summed E-state index contributed by atoms with van der Waals surface area (Å²) in [5.41, 5.74) is 0.761. The molecule has 0 spiro atoms. The molecule has 1 rings (SSSR count). The van der Waals surface area contributed by atoms with Crippen LogP contribution in [0.5, 0.6) is 0 Å². The number of nitrogens with zero attached hydrogens (tertiary/aromatic N) is 1. The molecule has 0 atom stereocenters. The van der Waals surface area contributed by atoms with Crippen LogP contribution in [-0.2, 0) is 4.79 Å². The zero-order chi connectivity index (χ0) is 8.27. The maximum absolute atomic E-state index is 10.8. The lowest BCUT2D eigenvalue weighted by atomic mass is 10.4. The first-order chi connectivity index (χ1) is 5.22. The number of hydrogen-bond acceptors (Lipinski definition) is 3. The van der Waals surface area contributed by atoms with Gasteiger partial charge in [-0.2, -0.15) is 0 Å². The SMILES string of the molecule is CCC(=O)Nc1cc(C)no1. The van der Waals surface area contributed by atoms with Crippen LogP contribution in [0.1, 0.15) is 19.0 Å². The Morgan fingerprint density at radius 3 is 3.00 bits per heavy atom. The topological polar surface area (TPSA) is 55.1 Å². The highest BCUT2D eigenvalue weighted by Gasteiger charge is 2.02. The molecule has 4 heteroatoms. The number of nitrogens with one attached hydrogen (secondary N) is 1. The number of amides is 1. The van der Waals surface area contributed by atoms with Crippen LogP contribution in [0.25, 0.3) is 0 Å². The van der Waals surface area contributed by atoms with Crippen molar-refractivity contribution < 1.29 is 9.32 Å². The summed E-state index contributed by atoms with van der Waals surface area (Å²) in [4.78, 5) is 10.8. The molecule has 0 radical (unpaired) electrons. The van der Waals surface area contributed by atoms with Gasteiger partial charge in [-0.05, 0) is 6.92 Å². The van der Waals surface area contributed by atoms with Crippen LogP contribution in [0.4, 0.5) is 5.88 Å². The van der Waals surface area contributed by atoms with Gasteiger partial charge in [-0.25, -0.2) is 0 Å². The number of anilines is 1. The molecule has 0 aliphatic rings. The van der Waals surface area contributed by atoms with Crippen molar-refractivity contribution in [2.75, 3.05) is 5.32 Å². The number of aryl methyl sites for hydroxylation is 1. The van der Waals surface area contributed by atoms with Crippen molar-refractivity contribution in [3.05, 3.63) is 11.8 Å². The molecule has 0 unspecified atom stereocenters. The third kappa shape index (κ3) is 2.07. The van der Waals surface area contributed by atoms with Gasteiger partial charge in [0.15, 0.2) is 0 Å². The smallest absolute Gasteiger partial charge is 0.231 e. The molecule has 1 heterocycles. The molecule has 0 bridgehead atoms. The molecular weight excluding hydrogens is 144 g/mol. The first kappa shape index (κ1) is 7.78. The van der Waals surface area contributed by atoms with Crippen molar-refractivity contribution in [3.63, 3.8) is 0 Å². The van der Waals surface area contributed by atoms with E-state index in [1.165, 1.54) is 0 Å². The van der Waals surface area contributed by atoms with Gasteiger partial charge < -0.3 is 4.52 Å². The maximum atomic E-state index is 10.8. The fourth-order valence-electron chi connectivity index (χ4n) is 0.648. The van der Waals surface area contributed by atoms with Gasteiger partial charge in [-0.1, -0.05) is 12.1 Å². The highest BCUT2D eigenvalue weighted by molar-refractivity contribution is 5.88. The number of hydrogen-bond donors (Lipinski definition) is 1. The van der Waals surface area contributed by atoms with Crippen LogP contribution in [0.2, 0.25) is 0 Å². The zero-order valence-corrected chi connectivity index (χ0v) is 6.55. The lowest BCUT2D eigenvalue weighted by Gasteiger charge is -1.94. The van der Waals surface area contributed by atoms with E-state index in [0.717, 1.165) is 5.69 Å². The largest absolute Gasteiger partial charge is 0.338 e. The summed E-state index contributed by atoms with van der Waals surface area (Å²) in [5, 5.41) is 6.16. The third-order valence-corrected chi connectivity index (χ3v) is 1.21. The molecule has 1 amide bonds. The molecule has 0 fully saturated rings. The van der Waals surface area contributed by atoms with Gasteiger partial charge in [-0.15, -0.1) is 0 Å². The normalized spacial score (nSPS) is 9.64. The lowest BCUT2D eigenvalue weighted by molar-refractivity contribution is -0.116. The van der Waals surface area contributed by atoms with Gasteiger partial charge >= 0.3 is 0 Å². The molecule has 11 heavy (non-hydrogen) atoms. The van der Waals surface area contributed by atoms with E-state index >= 15 is 0 Å². The first-order valence-corrected chi connectivity index (χ1v) is 3.45. The second kappa shape index (κ2) is 3.18. The average Bonchev–Trinajstić information content (AvgIpc) is 2.35. The summed E-state index contributed by atoms with van der Waals surface area (Å²) in [6.07, 6.45) is 0.444. The Hall–Kier alpha value is -1.32. The highest BCUT2D eigenvalue weighted by Crippen LogP contribution is 2.07. The molecule has 0 saturated heterocycles. The van der Waals surface area contributed by atoms with Crippen LogP contribution in [0, 0.1) is 6.92 Å². The number of carbonyl (C=O) groups is 1. The Morgan fingerprint density at radius 1 is 1.82 bits per heavy atom. The van der Waals surface area contributed by atoms with Gasteiger partial charge in [-0.3, -0.25) is 10.1 Å². The van der Waals surface area contributed by atoms with E-state index in [1.54, 1.807) is 19.9 Å². The summed E-state index contributed by atoms with van der Waals surface area (Å²) < 4.78 is 4.75. The monoisotopic (exact) mass is 154 g/mol. The Labute approximate surface area is 64.6 Å². The van der Waals surface area contributed by atoms with E-state index in [4.69, 9.17) is 4.52 Å². The van der Waals surface area contributed by atoms with E-state index in [-0.39, 0.29) is 5.91 Å². The van der Waals surface area contributed by atoms with Crippen molar-refractivity contribution in [1.29, 1.82) is 0 Å². The van der Waals surface area contributed by atoms with E-state index in [2.05, 4.69) is 10.5 Å². The Bertz CT molecular complexity index is 255. The van der Waals surface area contributed by atoms with E-state index in [9.17, 15) is 4.79 Å². The highest BCUT2D eigenvalue weighted by atomic mass is 16.5. The summed E-state index contributed by atoms with van der Waals surface area (Å²) in [5.74, 6) is 0.343. The Morgan fingerprint density at radius 2 is 2.55 bits per heavy atom. The van der Waals surface area contributed by atoms with Crippen molar-refractivity contribution in [1.82, 2.24) is 5.16 Å². The fourth-order valence-corrected chi connectivity index (χ4v) is 0.648. The van der Waals surface area contributed by atoms with Gasteiger partial charge in [0.1, 0.15) is 0 Å². The molecule has 1 aromatic heterocycles. The van der Waals surface area contributed by atoms with Gasteiger partial charge in [0.2, 0.25) is 11.8 Å². The Balaban J connectivity index is 2.57. The van der Waals surface area contributed by atoms with Crippen LogP contribution >= 0.6 is 0 Å². The van der Waals surface area contributed by atoms with Crippen molar-refractivity contribution in [2.45, 2.75) is 20.3 Å². The summed E-state index contributed by atoms with van der Waals surface area (Å²) >= 11 is 0. The molecule has 1 N–H and O–H groups in total. The summed E-state index contributed by atoms with van der Waals surface area (Å²) in [7, 11) is 0. The predicted molar refractivity (Wildman–Crippen MR) is 40.2 cm³/mol. The molecule has 0 aliphatic carbocycles. The zero-order valence-electron chi connectivity index (χ0n) is 6.55. The standard InChI is InChI=1S/C7H10N2O2/c1-3-6(10)8-7-4-5(2)9-11-7/h4H,3H2,1-2H3,(H,8,10). The number of rotatable bonds is 2. The maximum Gasteiger partial charge on any atom is 0.231 e. The van der Waals surface area contributed by atoms with Crippen LogP contribution in [-0.4, -0.2) is 11.1 Å². The minimum absolute atomic E-state index is 0.0684. The Kier molecular flexibility index (Phi) is 2.25. The molecule has 60 valence electrons. The predicted octanol–water partition coefficient (Wildman–Crippen LogP) is 1.33. The van der Waals surface area contributed by atoms with Crippen LogP contribution < -0.4 is 5.32 Å². The fraction of sp³-hybridized carbons (Fsp3) is 0.429. The van der Waals surface area contributed by atoms with E-state index in [0.29, 0.717) is 12.3 Å². The summed E-state index contributed by atoms with van der Waals surface area (Å²) in [6, 6.07) is 1.67. The van der Waals surface area contributed by atoms with E-state index in [1.807, 2.05) is 0 Å². The average molecular weight is 154 g/mol. The number of carbonyl (C=O) groups excluding carboxylic acids is 1. The minimum Gasteiger partial charge on any atom is -0.338 e. The minimum atomic E-state index is -0.0684. The number of aromatic nitrogens is 1. The van der Waals surface area contributed by atoms with Crippen LogP contribution in [0.3, 0.4) is 0 Å². The second-order valence-corrected chi connectivity index (χ2v) is 2.23. The second-order valence-electron chi connectivity index (χ2n) is 2.23. The van der Waals surface area contributed by atoms with Crippen LogP contribution in [0.15, 0.2) is 10.6 Å². The van der Waals surface area contributed by atoms with E-state index < -0.39 is 0 Å². The third-order valence-electron chi connectivity index (χ3n) is 1.21. The molecule has 4 nitrogen and oxygen atoms in total. The van der Waals surface area contributed by atoms with Gasteiger partial charge in [0.25, 0.3) is 0 Å². The molecule has 0 aliphatic heterocycles. The quantitative estimate of drug-likeness (QED) is 0.699. The summed E-state index contributed by atoms with van der Waals surface area (Å²) in [6.45, 7) is 3.57. The van der Waals surface area contributed by atoms with Crippen molar-refractivity contribution in [2.24, 2.45) is 0 Å².